The highest BCUT2D eigenvalue weighted by Crippen LogP contribution is 2.38. The number of nitrogens with one attached hydrogen (secondary N) is 2. The number of anilines is 2. The number of nitrogens with zero attached hydrogens (tertiary/aromatic N) is 5. The lowest BCUT2D eigenvalue weighted by Gasteiger charge is -2.29. The monoisotopic (exact) mass is 639 g/mol. The van der Waals surface area contributed by atoms with Crippen molar-refractivity contribution < 1.29 is 14.3 Å². The molecule has 46 heavy (non-hydrogen) atoms. The number of pyridine rings is 1. The largest absolute Gasteiger partial charge is 0.455 e. The molecule has 0 spiro atoms. The number of aromatic nitrogens is 3. The maximum Gasteiger partial charge on any atom is 0.246 e. The molecule has 4 heterocycles. The van der Waals surface area contributed by atoms with E-state index in [1.54, 1.807) is 34.8 Å². The Bertz CT molecular complexity index is 1740. The van der Waals surface area contributed by atoms with Crippen LogP contribution in [0.4, 0.5) is 11.5 Å². The maximum atomic E-state index is 13.1. The summed E-state index contributed by atoms with van der Waals surface area (Å²) in [6.07, 6.45) is 11.5. The molecule has 2 aliphatic rings. The van der Waals surface area contributed by atoms with Crippen LogP contribution in [0.25, 0.3) is 10.2 Å². The zero-order chi connectivity index (χ0) is 32.2. The fourth-order valence-corrected chi connectivity index (χ4v) is 7.44. The zero-order valence-corrected chi connectivity index (χ0v) is 27.7. The van der Waals surface area contributed by atoms with Gasteiger partial charge in [0.15, 0.2) is 0 Å². The van der Waals surface area contributed by atoms with Gasteiger partial charge in [-0.15, -0.1) is 11.3 Å². The highest BCUT2D eigenvalue weighted by atomic mass is 32.1. The van der Waals surface area contributed by atoms with Gasteiger partial charge in [-0.1, -0.05) is 6.08 Å². The van der Waals surface area contributed by atoms with Crippen LogP contribution in [0.1, 0.15) is 47.4 Å². The number of carbonyl (C=O) groups excluding carboxylic acids is 2. The maximum absolute atomic E-state index is 13.1. The van der Waals surface area contributed by atoms with Gasteiger partial charge < -0.3 is 25.2 Å². The van der Waals surface area contributed by atoms with E-state index >= 15 is 0 Å². The van der Waals surface area contributed by atoms with Crippen molar-refractivity contribution >= 4 is 44.9 Å². The summed E-state index contributed by atoms with van der Waals surface area (Å²) in [6, 6.07) is 10.2. The van der Waals surface area contributed by atoms with Gasteiger partial charge in [0.2, 0.25) is 11.8 Å². The molecule has 6 rings (SSSR count). The summed E-state index contributed by atoms with van der Waals surface area (Å²) in [6.45, 7) is 5.82. The molecule has 3 aromatic heterocycles. The molecule has 2 N–H and O–H groups in total. The van der Waals surface area contributed by atoms with Crippen LogP contribution in [0.5, 0.6) is 11.5 Å². The number of hydrogen-bond acceptors (Lipinski definition) is 9. The molecule has 1 aromatic carbocycles. The van der Waals surface area contributed by atoms with Crippen LogP contribution in [-0.2, 0) is 22.6 Å². The molecule has 1 saturated carbocycles. The van der Waals surface area contributed by atoms with E-state index in [4.69, 9.17) is 4.74 Å². The molecule has 4 aromatic rings. The third kappa shape index (κ3) is 7.21. The molecule has 0 atom stereocenters. The van der Waals surface area contributed by atoms with Crippen molar-refractivity contribution in [2.75, 3.05) is 32.5 Å². The van der Waals surface area contributed by atoms with E-state index in [-0.39, 0.29) is 17.7 Å². The average molecular weight is 640 g/mol. The van der Waals surface area contributed by atoms with Gasteiger partial charge in [0.05, 0.1) is 18.1 Å². The number of rotatable bonds is 9. The first-order valence-corrected chi connectivity index (χ1v) is 16.7. The molecule has 10 nitrogen and oxygen atoms in total. The van der Waals surface area contributed by atoms with Crippen LogP contribution in [0, 0.1) is 19.8 Å². The first-order chi connectivity index (χ1) is 22.2. The number of hydrogen-bond donors (Lipinski definition) is 2. The average Bonchev–Trinajstić information content (AvgIpc) is 3.44. The van der Waals surface area contributed by atoms with Crippen LogP contribution in [0.15, 0.2) is 55.0 Å². The van der Waals surface area contributed by atoms with Gasteiger partial charge in [-0.3, -0.25) is 14.6 Å². The molecule has 0 saturated heterocycles. The second-order valence-corrected chi connectivity index (χ2v) is 13.4. The van der Waals surface area contributed by atoms with Crippen LogP contribution in [0.2, 0.25) is 0 Å². The van der Waals surface area contributed by atoms with Crippen molar-refractivity contribution in [1.29, 1.82) is 0 Å². The fraction of sp³-hybridized carbons (Fsp3) is 0.400. The number of benzene rings is 1. The zero-order valence-electron chi connectivity index (χ0n) is 26.9. The highest BCUT2D eigenvalue weighted by Gasteiger charge is 2.27. The summed E-state index contributed by atoms with van der Waals surface area (Å²) < 4.78 is 6.04. The summed E-state index contributed by atoms with van der Waals surface area (Å²) in [5, 5.41) is 8.06. The molecule has 11 heteroatoms. The van der Waals surface area contributed by atoms with Crippen molar-refractivity contribution in [2.24, 2.45) is 5.92 Å². The molecule has 1 fully saturated rings. The van der Waals surface area contributed by atoms with E-state index in [1.165, 1.54) is 5.56 Å². The van der Waals surface area contributed by atoms with Crippen molar-refractivity contribution in [3.63, 3.8) is 0 Å². The topological polar surface area (TPSA) is 113 Å². The number of aryl methyl sites for hydroxylation is 2. The van der Waals surface area contributed by atoms with Gasteiger partial charge in [-0.25, -0.2) is 9.97 Å². The second kappa shape index (κ2) is 14.0. The first-order valence-electron chi connectivity index (χ1n) is 15.9. The van der Waals surface area contributed by atoms with E-state index in [0.29, 0.717) is 31.4 Å². The van der Waals surface area contributed by atoms with Gasteiger partial charge in [0, 0.05) is 61.5 Å². The minimum Gasteiger partial charge on any atom is -0.455 e. The fourth-order valence-electron chi connectivity index (χ4n) is 6.24. The van der Waals surface area contributed by atoms with E-state index in [9.17, 15) is 9.59 Å². The van der Waals surface area contributed by atoms with Crippen molar-refractivity contribution in [2.45, 2.75) is 58.5 Å². The highest BCUT2D eigenvalue weighted by molar-refractivity contribution is 7.19. The van der Waals surface area contributed by atoms with E-state index in [0.717, 1.165) is 75.7 Å². The van der Waals surface area contributed by atoms with Crippen LogP contribution in [0.3, 0.4) is 0 Å². The Morgan fingerprint density at radius 3 is 2.65 bits per heavy atom. The lowest BCUT2D eigenvalue weighted by Crippen LogP contribution is -2.38. The Kier molecular flexibility index (Phi) is 9.60. The van der Waals surface area contributed by atoms with Crippen molar-refractivity contribution in [1.82, 2.24) is 30.1 Å². The molecule has 0 radical (unpaired) electrons. The Labute approximate surface area is 273 Å². The van der Waals surface area contributed by atoms with Gasteiger partial charge >= 0.3 is 0 Å². The van der Waals surface area contributed by atoms with Crippen molar-refractivity contribution in [3.05, 3.63) is 76.7 Å². The SMILES string of the molecule is Cc1ccc(Oc2ccc(Nc3ncnc4sc5c(c34)CCN(C(=O)/C=C/CNC3CCC(C(=O)N(C)C)CC3)C5)cc2C)cn1. The van der Waals surface area contributed by atoms with Crippen LogP contribution in [-0.4, -0.2) is 69.8 Å². The molecular weight excluding hydrogens is 598 g/mol. The van der Waals surface area contributed by atoms with E-state index in [1.807, 2.05) is 69.3 Å². The molecule has 0 unspecified atom stereocenters. The first kappa shape index (κ1) is 31.6. The molecule has 2 amide bonds. The summed E-state index contributed by atoms with van der Waals surface area (Å²) in [5.41, 5.74) is 4.06. The molecule has 240 valence electrons. The molecule has 1 aliphatic carbocycles. The smallest absolute Gasteiger partial charge is 0.246 e. The lowest BCUT2D eigenvalue weighted by molar-refractivity contribution is -0.134. The van der Waals surface area contributed by atoms with Gasteiger partial charge in [-0.05, 0) is 87.4 Å². The summed E-state index contributed by atoms with van der Waals surface area (Å²) in [5.74, 6) is 2.63. The number of amides is 2. The molecule has 0 bridgehead atoms. The lowest BCUT2D eigenvalue weighted by atomic mass is 9.85. The molecular formula is C35H41N7O3S. The molecule has 1 aliphatic heterocycles. The Balaban J connectivity index is 1.05. The van der Waals surface area contributed by atoms with Gasteiger partial charge in [-0.2, -0.15) is 0 Å². The van der Waals surface area contributed by atoms with E-state index < -0.39 is 0 Å². The minimum atomic E-state index is 0.0221. The Morgan fingerprint density at radius 1 is 1.09 bits per heavy atom. The Morgan fingerprint density at radius 2 is 1.91 bits per heavy atom. The Hall–Kier alpha value is -4.35. The predicted octanol–water partition coefficient (Wildman–Crippen LogP) is 5.92. The van der Waals surface area contributed by atoms with Crippen molar-refractivity contribution in [3.8, 4) is 11.5 Å². The van der Waals surface area contributed by atoms with Crippen LogP contribution >= 0.6 is 11.3 Å². The summed E-state index contributed by atoms with van der Waals surface area (Å²) >= 11 is 1.63. The summed E-state index contributed by atoms with van der Waals surface area (Å²) in [7, 11) is 3.65. The normalized spacial score (nSPS) is 18.0. The third-order valence-corrected chi connectivity index (χ3v) is 9.93. The second-order valence-electron chi connectivity index (χ2n) is 12.4. The predicted molar refractivity (Wildman–Crippen MR) is 182 cm³/mol. The third-order valence-electron chi connectivity index (χ3n) is 8.80. The minimum absolute atomic E-state index is 0.0221. The summed E-state index contributed by atoms with van der Waals surface area (Å²) in [4.78, 5) is 44.4. The quantitative estimate of drug-likeness (QED) is 0.217. The van der Waals surface area contributed by atoms with E-state index in [2.05, 4.69) is 25.6 Å². The van der Waals surface area contributed by atoms with Gasteiger partial charge in [0.25, 0.3) is 0 Å². The van der Waals surface area contributed by atoms with Gasteiger partial charge in [0.1, 0.15) is 28.5 Å². The number of fused-ring (bicyclic) bond motifs is 3. The number of thiophene rings is 1. The standard InChI is InChI=1S/C35H41N7O3S/c1-22-18-26(12-14-29(22)45-27-13-7-23(2)37-19-27)40-33-32-28-15-17-42(20-30(28)46-34(32)39-21-38-33)31(43)6-5-16-36-25-10-8-24(9-11-25)35(44)41(3)4/h5-7,12-14,18-19,21,24-25,36H,8-11,15-17,20H2,1-4H3,(H,38,39,40)/b6-5+. The van der Waals surface area contributed by atoms with Crippen LogP contribution < -0.4 is 15.4 Å². The number of carbonyl (C=O) groups is 2. The number of ether oxygens (including phenoxy) is 1.